The number of hydrogen-bond acceptors (Lipinski definition) is 4. The molecule has 0 bridgehead atoms. The predicted octanol–water partition coefficient (Wildman–Crippen LogP) is 5.80. The van der Waals surface area contributed by atoms with E-state index in [0.29, 0.717) is 16.8 Å². The number of fused-ring (bicyclic) bond motifs is 1. The summed E-state index contributed by atoms with van der Waals surface area (Å²) in [6, 6.07) is 21.4. The highest BCUT2D eigenvalue weighted by Gasteiger charge is 2.25. The lowest BCUT2D eigenvalue weighted by atomic mass is 10.0. The van der Waals surface area contributed by atoms with Crippen LogP contribution >= 0.6 is 11.6 Å². The third kappa shape index (κ3) is 3.78. The summed E-state index contributed by atoms with van der Waals surface area (Å²) in [5, 5.41) is 8.75. The Balaban J connectivity index is 1.60. The number of anilines is 1. The second kappa shape index (κ2) is 7.89. The van der Waals surface area contributed by atoms with Crippen molar-refractivity contribution in [2.24, 2.45) is 0 Å². The summed E-state index contributed by atoms with van der Waals surface area (Å²) in [4.78, 5) is 4.71. The van der Waals surface area contributed by atoms with Gasteiger partial charge in [-0.15, -0.1) is 5.10 Å². The Morgan fingerprint density at radius 1 is 0.935 bits per heavy atom. The van der Waals surface area contributed by atoms with E-state index < -0.39 is 0 Å². The molecule has 0 fully saturated rings. The number of nitrogens with one attached hydrogen (secondary N) is 1. The summed E-state index contributed by atoms with van der Waals surface area (Å²) in [5.74, 6) is 1.69. The van der Waals surface area contributed by atoms with Crippen LogP contribution in [0.25, 0.3) is 17.1 Å². The van der Waals surface area contributed by atoms with Gasteiger partial charge >= 0.3 is 0 Å². The predicted molar refractivity (Wildman–Crippen MR) is 120 cm³/mol. The van der Waals surface area contributed by atoms with Gasteiger partial charge in [0.15, 0.2) is 5.82 Å². The number of methoxy groups -OCH3 is 1. The van der Waals surface area contributed by atoms with Crippen LogP contribution in [0.5, 0.6) is 5.75 Å². The monoisotopic (exact) mass is 432 g/mol. The van der Waals surface area contributed by atoms with Gasteiger partial charge in [0.1, 0.15) is 17.6 Å². The van der Waals surface area contributed by atoms with Gasteiger partial charge < -0.3 is 10.1 Å². The molecule has 0 aliphatic carbocycles. The number of nitrogens with zero attached hydrogens (tertiary/aromatic N) is 3. The van der Waals surface area contributed by atoms with Gasteiger partial charge in [-0.25, -0.2) is 9.07 Å². The van der Waals surface area contributed by atoms with Crippen LogP contribution in [0.15, 0.2) is 78.9 Å². The van der Waals surface area contributed by atoms with Crippen molar-refractivity contribution in [1.29, 1.82) is 0 Å². The van der Waals surface area contributed by atoms with Gasteiger partial charge in [-0.05, 0) is 77.9 Å². The second-order valence-electron chi connectivity index (χ2n) is 7.14. The lowest BCUT2D eigenvalue weighted by Crippen LogP contribution is -2.20. The topological polar surface area (TPSA) is 52.0 Å². The molecule has 0 radical (unpaired) electrons. The zero-order valence-corrected chi connectivity index (χ0v) is 17.3. The largest absolute Gasteiger partial charge is 0.497 e. The van der Waals surface area contributed by atoms with Crippen molar-refractivity contribution in [3.63, 3.8) is 0 Å². The van der Waals surface area contributed by atoms with E-state index in [1.165, 1.54) is 12.1 Å². The van der Waals surface area contributed by atoms with Gasteiger partial charge in [-0.1, -0.05) is 23.7 Å². The molecule has 1 aromatic heterocycles. The van der Waals surface area contributed by atoms with E-state index in [0.717, 1.165) is 28.1 Å². The Morgan fingerprint density at radius 2 is 1.61 bits per heavy atom. The number of hydrogen-bond donors (Lipinski definition) is 1. The molecule has 0 saturated heterocycles. The summed E-state index contributed by atoms with van der Waals surface area (Å²) in [7, 11) is 1.64. The minimum Gasteiger partial charge on any atom is -0.497 e. The fraction of sp³-hybridized carbons (Fsp3) is 0.0833. The van der Waals surface area contributed by atoms with Crippen molar-refractivity contribution in [2.75, 3.05) is 12.4 Å². The molecule has 3 aromatic carbocycles. The van der Waals surface area contributed by atoms with E-state index in [9.17, 15) is 4.39 Å². The van der Waals surface area contributed by atoms with Crippen molar-refractivity contribution in [1.82, 2.24) is 14.8 Å². The molecule has 0 spiro atoms. The molecule has 1 N–H and O–H groups in total. The molecule has 0 saturated carbocycles. The molecule has 5 nitrogen and oxygen atoms in total. The Labute approximate surface area is 183 Å². The molecule has 1 aliphatic heterocycles. The van der Waals surface area contributed by atoms with Crippen LogP contribution < -0.4 is 10.1 Å². The van der Waals surface area contributed by atoms with Gasteiger partial charge in [-0.2, -0.15) is 4.98 Å². The van der Waals surface area contributed by atoms with Crippen molar-refractivity contribution in [3.05, 3.63) is 101 Å². The van der Waals surface area contributed by atoms with E-state index in [1.54, 1.807) is 19.2 Å². The van der Waals surface area contributed by atoms with Crippen LogP contribution in [0, 0.1) is 5.82 Å². The van der Waals surface area contributed by atoms with Crippen LogP contribution in [-0.4, -0.2) is 21.9 Å². The van der Waals surface area contributed by atoms with E-state index in [2.05, 4.69) is 11.4 Å². The number of aromatic nitrogens is 3. The maximum Gasteiger partial charge on any atom is 0.227 e. The number of ether oxygens (including phenoxy) is 1. The summed E-state index contributed by atoms with van der Waals surface area (Å²) in [6.07, 6.45) is 2.06. The Bertz CT molecular complexity index is 1250. The lowest BCUT2D eigenvalue weighted by molar-refractivity contribution is 0.414. The first-order valence-corrected chi connectivity index (χ1v) is 10.1. The van der Waals surface area contributed by atoms with Crippen LogP contribution in [0.3, 0.4) is 0 Å². The summed E-state index contributed by atoms with van der Waals surface area (Å²) < 4.78 is 20.6. The Morgan fingerprint density at radius 3 is 2.29 bits per heavy atom. The molecule has 2 heterocycles. The third-order valence-corrected chi connectivity index (χ3v) is 5.43. The van der Waals surface area contributed by atoms with Crippen molar-refractivity contribution >= 4 is 23.2 Å². The third-order valence-electron chi connectivity index (χ3n) is 5.18. The number of benzene rings is 3. The standard InChI is InChI=1S/C24H18ClFN4O/c1-31-20-12-6-16(7-13-20)22-14-21(15-4-10-19(26)11-5-15)27-24-28-23(29-30(22)24)17-2-8-18(25)9-3-17/h2-14,22H,1H3,(H,27,28,29)/t22-/m1/s1. The zero-order chi connectivity index (χ0) is 21.4. The SMILES string of the molecule is COc1ccc([C@H]2C=C(c3ccc(F)cc3)Nc3nc(-c4ccc(Cl)cc4)nn32)cc1. The highest BCUT2D eigenvalue weighted by atomic mass is 35.5. The molecule has 5 rings (SSSR count). The van der Waals surface area contributed by atoms with Crippen molar-refractivity contribution in [2.45, 2.75) is 6.04 Å². The molecule has 1 aliphatic rings. The molecular formula is C24H18ClFN4O. The van der Waals surface area contributed by atoms with E-state index in [4.69, 9.17) is 26.4 Å². The average Bonchev–Trinajstić information content (AvgIpc) is 3.24. The first-order valence-electron chi connectivity index (χ1n) is 9.72. The van der Waals surface area contributed by atoms with Gasteiger partial charge in [0.05, 0.1) is 7.11 Å². The van der Waals surface area contributed by atoms with Crippen LogP contribution in [0.1, 0.15) is 17.2 Å². The molecule has 0 unspecified atom stereocenters. The van der Waals surface area contributed by atoms with Crippen molar-refractivity contribution < 1.29 is 9.13 Å². The Kier molecular flexibility index (Phi) is 4.92. The fourth-order valence-electron chi connectivity index (χ4n) is 3.55. The maximum absolute atomic E-state index is 13.4. The van der Waals surface area contributed by atoms with E-state index >= 15 is 0 Å². The molecule has 1 atom stereocenters. The van der Waals surface area contributed by atoms with Gasteiger partial charge in [0.25, 0.3) is 0 Å². The maximum atomic E-state index is 13.4. The lowest BCUT2D eigenvalue weighted by Gasteiger charge is -2.24. The highest BCUT2D eigenvalue weighted by Crippen LogP contribution is 2.34. The van der Waals surface area contributed by atoms with Crippen LogP contribution in [0.2, 0.25) is 5.02 Å². The Hall–Kier alpha value is -3.64. The summed E-state index contributed by atoms with van der Waals surface area (Å²) in [6.45, 7) is 0. The quantitative estimate of drug-likeness (QED) is 0.442. The van der Waals surface area contributed by atoms with Gasteiger partial charge in [-0.3, -0.25) is 0 Å². The van der Waals surface area contributed by atoms with E-state index in [1.807, 2.05) is 53.2 Å². The van der Waals surface area contributed by atoms with Crippen LogP contribution in [0.4, 0.5) is 10.3 Å². The smallest absolute Gasteiger partial charge is 0.227 e. The molecule has 4 aromatic rings. The van der Waals surface area contributed by atoms with Gasteiger partial charge in [0, 0.05) is 16.3 Å². The number of rotatable bonds is 4. The average molecular weight is 433 g/mol. The summed E-state index contributed by atoms with van der Waals surface area (Å²) >= 11 is 6.02. The molecule has 31 heavy (non-hydrogen) atoms. The summed E-state index contributed by atoms with van der Waals surface area (Å²) in [5.41, 5.74) is 3.59. The first-order chi connectivity index (χ1) is 15.1. The number of allylic oxidation sites excluding steroid dienone is 1. The fourth-order valence-corrected chi connectivity index (χ4v) is 3.68. The first kappa shape index (κ1) is 19.3. The molecular weight excluding hydrogens is 415 g/mol. The second-order valence-corrected chi connectivity index (χ2v) is 7.58. The van der Waals surface area contributed by atoms with E-state index in [-0.39, 0.29) is 11.9 Å². The molecule has 7 heteroatoms. The zero-order valence-electron chi connectivity index (χ0n) is 16.6. The highest BCUT2D eigenvalue weighted by molar-refractivity contribution is 6.30. The van der Waals surface area contributed by atoms with Crippen LogP contribution in [-0.2, 0) is 0 Å². The van der Waals surface area contributed by atoms with Crippen molar-refractivity contribution in [3.8, 4) is 17.1 Å². The minimum absolute atomic E-state index is 0.198. The molecule has 0 amide bonds. The molecule has 154 valence electrons. The normalized spacial score (nSPS) is 15.1. The minimum atomic E-state index is -0.278. The van der Waals surface area contributed by atoms with Gasteiger partial charge in [0.2, 0.25) is 5.95 Å². The number of halogens is 2.